The van der Waals surface area contributed by atoms with Crippen LogP contribution in [0.15, 0.2) is 18.2 Å². The number of halogens is 4. The number of alkyl halides is 3. The highest BCUT2D eigenvalue weighted by Gasteiger charge is 2.43. The minimum atomic E-state index is -4.45. The van der Waals surface area contributed by atoms with Crippen molar-refractivity contribution >= 4 is 11.6 Å². The SMILES string of the molecule is O=C(NCC(N1CCNCC1)C(F)(F)F)c1ccc(N2CCCC2)c(F)c1. The van der Waals surface area contributed by atoms with Crippen LogP contribution < -0.4 is 15.5 Å². The van der Waals surface area contributed by atoms with Crippen molar-refractivity contribution in [3.8, 4) is 0 Å². The molecule has 1 unspecified atom stereocenters. The maximum absolute atomic E-state index is 14.3. The van der Waals surface area contributed by atoms with E-state index >= 15 is 0 Å². The third-order valence-electron chi connectivity index (χ3n) is 5.08. The van der Waals surface area contributed by atoms with Gasteiger partial charge in [0.05, 0.1) is 5.69 Å². The Morgan fingerprint density at radius 2 is 1.81 bits per heavy atom. The van der Waals surface area contributed by atoms with E-state index in [1.165, 1.54) is 17.0 Å². The van der Waals surface area contributed by atoms with Crippen LogP contribution in [0.1, 0.15) is 23.2 Å². The van der Waals surface area contributed by atoms with E-state index in [-0.39, 0.29) is 18.7 Å². The van der Waals surface area contributed by atoms with Gasteiger partial charge in [-0.2, -0.15) is 13.2 Å². The number of carbonyl (C=O) groups is 1. The Morgan fingerprint density at radius 1 is 1.15 bits per heavy atom. The molecule has 0 bridgehead atoms. The fourth-order valence-corrected chi connectivity index (χ4v) is 3.60. The highest BCUT2D eigenvalue weighted by molar-refractivity contribution is 5.94. The lowest BCUT2D eigenvalue weighted by Crippen LogP contribution is -2.57. The Morgan fingerprint density at radius 3 is 2.41 bits per heavy atom. The van der Waals surface area contributed by atoms with E-state index in [2.05, 4.69) is 10.6 Å². The number of benzene rings is 1. The molecule has 0 spiro atoms. The average Bonchev–Trinajstić information content (AvgIpc) is 3.15. The number of nitrogens with one attached hydrogen (secondary N) is 2. The molecule has 2 heterocycles. The Kier molecular flexibility index (Phi) is 6.21. The fourth-order valence-electron chi connectivity index (χ4n) is 3.60. The minimum absolute atomic E-state index is 0.0247. The van der Waals surface area contributed by atoms with E-state index in [1.807, 2.05) is 4.90 Å². The lowest BCUT2D eigenvalue weighted by molar-refractivity contribution is -0.183. The fraction of sp³-hybridized carbons (Fsp3) is 0.611. The Balaban J connectivity index is 1.64. The Labute approximate surface area is 155 Å². The van der Waals surface area contributed by atoms with Crippen LogP contribution in [0.2, 0.25) is 0 Å². The molecular weight excluding hydrogens is 364 g/mol. The van der Waals surface area contributed by atoms with Gasteiger partial charge in [-0.1, -0.05) is 0 Å². The van der Waals surface area contributed by atoms with Gasteiger partial charge in [0, 0.05) is 51.4 Å². The summed E-state index contributed by atoms with van der Waals surface area (Å²) in [5.41, 5.74) is 0.453. The predicted molar refractivity (Wildman–Crippen MR) is 94.5 cm³/mol. The van der Waals surface area contributed by atoms with Crippen molar-refractivity contribution in [3.63, 3.8) is 0 Å². The molecule has 1 aromatic carbocycles. The van der Waals surface area contributed by atoms with E-state index in [0.29, 0.717) is 18.8 Å². The number of amides is 1. The number of carbonyl (C=O) groups excluding carboxylic acids is 1. The molecule has 5 nitrogen and oxygen atoms in total. The quantitative estimate of drug-likeness (QED) is 0.758. The summed E-state index contributed by atoms with van der Waals surface area (Å²) in [6.07, 6.45) is -2.46. The zero-order valence-electron chi connectivity index (χ0n) is 15.0. The molecule has 9 heteroatoms. The minimum Gasteiger partial charge on any atom is -0.369 e. The molecule has 0 aliphatic carbocycles. The van der Waals surface area contributed by atoms with E-state index < -0.39 is 30.5 Å². The molecule has 3 rings (SSSR count). The lowest BCUT2D eigenvalue weighted by atomic mass is 10.1. The summed E-state index contributed by atoms with van der Waals surface area (Å²) in [5.74, 6) is -1.23. The molecule has 2 saturated heterocycles. The van der Waals surface area contributed by atoms with Gasteiger partial charge in [-0.25, -0.2) is 4.39 Å². The molecule has 2 fully saturated rings. The van der Waals surface area contributed by atoms with Crippen LogP contribution in [-0.2, 0) is 0 Å². The molecule has 1 amide bonds. The second kappa shape index (κ2) is 8.43. The van der Waals surface area contributed by atoms with Crippen LogP contribution >= 0.6 is 0 Å². The summed E-state index contributed by atoms with van der Waals surface area (Å²) in [5, 5.41) is 5.32. The van der Waals surface area contributed by atoms with Crippen LogP contribution in [0.5, 0.6) is 0 Å². The van der Waals surface area contributed by atoms with Gasteiger partial charge in [0.15, 0.2) is 0 Å². The van der Waals surface area contributed by atoms with Crippen molar-refractivity contribution in [2.45, 2.75) is 25.1 Å². The zero-order valence-corrected chi connectivity index (χ0v) is 15.0. The maximum Gasteiger partial charge on any atom is 0.405 e. The van der Waals surface area contributed by atoms with Gasteiger partial charge >= 0.3 is 6.18 Å². The van der Waals surface area contributed by atoms with Crippen molar-refractivity contribution in [3.05, 3.63) is 29.6 Å². The second-order valence-electron chi connectivity index (χ2n) is 6.91. The van der Waals surface area contributed by atoms with Crippen LogP contribution in [-0.4, -0.2) is 68.8 Å². The first-order valence-electron chi connectivity index (χ1n) is 9.20. The highest BCUT2D eigenvalue weighted by atomic mass is 19.4. The summed E-state index contributed by atoms with van der Waals surface area (Å²) in [6.45, 7) is 2.45. The summed E-state index contributed by atoms with van der Waals surface area (Å²) in [4.78, 5) is 15.5. The van der Waals surface area contributed by atoms with Gasteiger partial charge in [-0.05, 0) is 31.0 Å². The van der Waals surface area contributed by atoms with Gasteiger partial charge in [0.25, 0.3) is 5.91 Å². The number of rotatable bonds is 5. The molecule has 2 aliphatic rings. The highest BCUT2D eigenvalue weighted by Crippen LogP contribution is 2.26. The monoisotopic (exact) mass is 388 g/mol. The molecule has 27 heavy (non-hydrogen) atoms. The van der Waals surface area contributed by atoms with Gasteiger partial charge in [0.1, 0.15) is 11.9 Å². The largest absolute Gasteiger partial charge is 0.405 e. The summed E-state index contributed by atoms with van der Waals surface area (Å²) >= 11 is 0. The summed E-state index contributed by atoms with van der Waals surface area (Å²) < 4.78 is 54.4. The van der Waals surface area contributed by atoms with Gasteiger partial charge in [-0.15, -0.1) is 0 Å². The number of hydrogen-bond acceptors (Lipinski definition) is 4. The van der Waals surface area contributed by atoms with Gasteiger partial charge < -0.3 is 15.5 Å². The third-order valence-corrected chi connectivity index (χ3v) is 5.08. The van der Waals surface area contributed by atoms with Crippen LogP contribution in [0.3, 0.4) is 0 Å². The Bertz CT molecular complexity index is 655. The number of piperazine rings is 1. The smallest absolute Gasteiger partial charge is 0.369 e. The van der Waals surface area contributed by atoms with Crippen molar-refractivity contribution in [2.24, 2.45) is 0 Å². The normalized spacial score (nSPS) is 19.9. The molecule has 0 saturated carbocycles. The van der Waals surface area contributed by atoms with Crippen molar-refractivity contribution in [1.29, 1.82) is 0 Å². The maximum atomic E-state index is 14.3. The van der Waals surface area contributed by atoms with Crippen molar-refractivity contribution in [2.75, 3.05) is 50.7 Å². The van der Waals surface area contributed by atoms with Crippen LogP contribution in [0, 0.1) is 5.82 Å². The number of hydrogen-bond donors (Lipinski definition) is 2. The topological polar surface area (TPSA) is 47.6 Å². The van der Waals surface area contributed by atoms with Crippen molar-refractivity contribution in [1.82, 2.24) is 15.5 Å². The number of anilines is 1. The van der Waals surface area contributed by atoms with Crippen molar-refractivity contribution < 1.29 is 22.4 Å². The van der Waals surface area contributed by atoms with Crippen LogP contribution in [0.4, 0.5) is 23.2 Å². The standard InChI is InChI=1S/C18H24F4N4O/c19-14-11-13(3-4-15(14)25-7-1-2-8-25)17(27)24-12-16(18(20,21)22)26-9-5-23-6-10-26/h3-4,11,16,23H,1-2,5-10,12H2,(H,24,27). The molecule has 0 aromatic heterocycles. The molecule has 1 aromatic rings. The lowest BCUT2D eigenvalue weighted by Gasteiger charge is -2.35. The first-order chi connectivity index (χ1) is 12.9. The van der Waals surface area contributed by atoms with E-state index in [9.17, 15) is 22.4 Å². The number of nitrogens with zero attached hydrogens (tertiary/aromatic N) is 2. The van der Waals surface area contributed by atoms with Crippen LogP contribution in [0.25, 0.3) is 0 Å². The summed E-state index contributed by atoms with van der Waals surface area (Å²) in [6, 6.07) is 2.32. The molecule has 1 atom stereocenters. The predicted octanol–water partition coefficient (Wildman–Crippen LogP) is 1.99. The van der Waals surface area contributed by atoms with E-state index in [1.54, 1.807) is 0 Å². The Hall–Kier alpha value is -1.87. The van der Waals surface area contributed by atoms with Gasteiger partial charge in [0.2, 0.25) is 0 Å². The average molecular weight is 388 g/mol. The van der Waals surface area contributed by atoms with E-state index in [4.69, 9.17) is 0 Å². The molecular formula is C18H24F4N4O. The van der Waals surface area contributed by atoms with Gasteiger partial charge in [-0.3, -0.25) is 9.69 Å². The molecule has 0 radical (unpaired) electrons. The first-order valence-corrected chi connectivity index (χ1v) is 9.20. The zero-order chi connectivity index (χ0) is 19.4. The third kappa shape index (κ3) is 4.90. The molecule has 2 N–H and O–H groups in total. The second-order valence-corrected chi connectivity index (χ2v) is 6.91. The first kappa shape index (κ1) is 19.9. The van der Waals surface area contributed by atoms with E-state index in [0.717, 1.165) is 32.0 Å². The molecule has 2 aliphatic heterocycles. The molecule has 150 valence electrons. The summed E-state index contributed by atoms with van der Waals surface area (Å²) in [7, 11) is 0.